The minimum Gasteiger partial charge on any atom is -0.497 e. The van der Waals surface area contributed by atoms with Crippen LogP contribution in [-0.2, 0) is 9.59 Å². The lowest BCUT2D eigenvalue weighted by atomic mass is 9.79. The second-order valence-electron chi connectivity index (χ2n) is 8.00. The fraction of sp³-hybridized carbons (Fsp3) is 0.172. The largest absolute Gasteiger partial charge is 0.497 e. The van der Waals surface area contributed by atoms with Gasteiger partial charge in [-0.1, -0.05) is 78.9 Å². The van der Waals surface area contributed by atoms with Crippen LogP contribution in [-0.4, -0.2) is 37.3 Å². The molecular weight excluding hydrogens is 458 g/mol. The molecule has 0 radical (unpaired) electrons. The van der Waals surface area contributed by atoms with Crippen LogP contribution in [0.25, 0.3) is 12.2 Å². The van der Waals surface area contributed by atoms with Crippen molar-refractivity contribution in [1.29, 1.82) is 0 Å². The first-order chi connectivity index (χ1) is 17.4. The first-order valence-corrected chi connectivity index (χ1v) is 11.3. The number of ketones is 2. The lowest BCUT2D eigenvalue weighted by Gasteiger charge is -2.23. The summed E-state index contributed by atoms with van der Waals surface area (Å²) in [5.41, 5.74) is 1.91. The molecule has 3 rings (SSSR count). The molecule has 0 unspecified atom stereocenters. The third-order valence-corrected chi connectivity index (χ3v) is 5.68. The summed E-state index contributed by atoms with van der Waals surface area (Å²) >= 11 is 0. The molecule has 0 amide bonds. The van der Waals surface area contributed by atoms with Crippen LogP contribution in [0.5, 0.6) is 11.5 Å². The molecule has 7 heteroatoms. The molecule has 0 N–H and O–H groups in total. The summed E-state index contributed by atoms with van der Waals surface area (Å²) in [7, 11) is 2.91. The summed E-state index contributed by atoms with van der Waals surface area (Å²) in [5, 5.41) is 11.7. The van der Waals surface area contributed by atoms with E-state index in [9.17, 15) is 19.7 Å². The summed E-state index contributed by atoms with van der Waals surface area (Å²) in [4.78, 5) is 38.1. The number of hydrogen-bond donors (Lipinski definition) is 0. The SMILES string of the molecule is COc1ccc([C@@H](C[N+](=O)[O-])C(C(=O)/C=C/c2ccccc2)C(=O)/C=C/c2ccccc2)c(OC)c1. The van der Waals surface area contributed by atoms with Crippen LogP contribution < -0.4 is 9.47 Å². The maximum absolute atomic E-state index is 13.5. The van der Waals surface area contributed by atoms with Crippen molar-refractivity contribution in [2.24, 2.45) is 5.92 Å². The van der Waals surface area contributed by atoms with Crippen LogP contribution in [0.4, 0.5) is 0 Å². The van der Waals surface area contributed by atoms with Crippen molar-refractivity contribution in [2.75, 3.05) is 20.8 Å². The van der Waals surface area contributed by atoms with Crippen molar-refractivity contribution >= 4 is 23.7 Å². The van der Waals surface area contributed by atoms with E-state index < -0.39 is 34.9 Å². The van der Waals surface area contributed by atoms with Gasteiger partial charge in [0.1, 0.15) is 11.5 Å². The molecule has 3 aromatic rings. The van der Waals surface area contributed by atoms with E-state index in [1.54, 1.807) is 30.4 Å². The van der Waals surface area contributed by atoms with E-state index in [1.807, 2.05) is 60.7 Å². The molecule has 3 aromatic carbocycles. The van der Waals surface area contributed by atoms with Crippen molar-refractivity contribution in [3.8, 4) is 11.5 Å². The minimum atomic E-state index is -1.34. The number of hydrogen-bond acceptors (Lipinski definition) is 6. The Morgan fingerprint density at radius 1 is 0.833 bits per heavy atom. The Hall–Kier alpha value is -4.52. The Morgan fingerprint density at radius 3 is 1.81 bits per heavy atom. The molecule has 0 heterocycles. The molecule has 0 saturated heterocycles. The maximum atomic E-state index is 13.5. The zero-order valence-corrected chi connectivity index (χ0v) is 20.1. The Labute approximate surface area is 209 Å². The number of carbonyl (C=O) groups is 2. The predicted molar refractivity (Wildman–Crippen MR) is 139 cm³/mol. The molecular formula is C29H27NO6. The van der Waals surface area contributed by atoms with Gasteiger partial charge in [0.15, 0.2) is 11.6 Å². The first kappa shape index (κ1) is 26.1. The van der Waals surface area contributed by atoms with Crippen molar-refractivity contribution in [2.45, 2.75) is 5.92 Å². The summed E-state index contributed by atoms with van der Waals surface area (Å²) in [6.45, 7) is -0.636. The van der Waals surface area contributed by atoms with E-state index in [0.29, 0.717) is 17.1 Å². The number of rotatable bonds is 12. The van der Waals surface area contributed by atoms with Crippen molar-refractivity contribution in [3.05, 3.63) is 118 Å². The molecule has 0 aliphatic carbocycles. The number of nitro groups is 1. The van der Waals surface area contributed by atoms with Crippen molar-refractivity contribution in [1.82, 2.24) is 0 Å². The number of methoxy groups -OCH3 is 2. The highest BCUT2D eigenvalue weighted by Gasteiger charge is 2.38. The first-order valence-electron chi connectivity index (χ1n) is 11.3. The summed E-state index contributed by atoms with van der Waals surface area (Å²) in [6, 6.07) is 23.1. The van der Waals surface area contributed by atoms with Gasteiger partial charge in [-0.3, -0.25) is 19.7 Å². The Morgan fingerprint density at radius 2 is 1.36 bits per heavy atom. The van der Waals surface area contributed by atoms with E-state index >= 15 is 0 Å². The third-order valence-electron chi connectivity index (χ3n) is 5.68. The summed E-state index contributed by atoms with van der Waals surface area (Å²) in [5.74, 6) is -2.69. The highest BCUT2D eigenvalue weighted by atomic mass is 16.6. The van der Waals surface area contributed by atoms with Gasteiger partial charge in [-0.15, -0.1) is 0 Å². The van der Waals surface area contributed by atoms with Crippen LogP contribution in [0, 0.1) is 16.0 Å². The molecule has 0 aliphatic rings. The van der Waals surface area contributed by atoms with E-state index in [1.165, 1.54) is 26.4 Å². The van der Waals surface area contributed by atoms with Gasteiger partial charge >= 0.3 is 0 Å². The highest BCUT2D eigenvalue weighted by molar-refractivity contribution is 6.14. The average Bonchev–Trinajstić information content (AvgIpc) is 2.91. The monoisotopic (exact) mass is 485 g/mol. The standard InChI is InChI=1S/C29H27NO6/c1-35-23-15-16-24(28(19-23)36-2)25(20-30(33)34)29(26(31)17-13-21-9-5-3-6-10-21)27(32)18-14-22-11-7-4-8-12-22/h3-19,25,29H,20H2,1-2H3/b17-13+,18-14+/t25-/m1/s1. The van der Waals surface area contributed by atoms with Crippen molar-refractivity contribution < 1.29 is 24.0 Å². The van der Waals surface area contributed by atoms with Gasteiger partial charge in [0.05, 0.1) is 26.1 Å². The zero-order valence-electron chi connectivity index (χ0n) is 20.1. The second-order valence-corrected chi connectivity index (χ2v) is 8.00. The van der Waals surface area contributed by atoms with Crippen LogP contribution >= 0.6 is 0 Å². The molecule has 7 nitrogen and oxygen atoms in total. The van der Waals surface area contributed by atoms with Gasteiger partial charge < -0.3 is 9.47 Å². The van der Waals surface area contributed by atoms with Gasteiger partial charge in [0.25, 0.3) is 0 Å². The molecule has 184 valence electrons. The fourth-order valence-corrected chi connectivity index (χ4v) is 3.90. The number of allylic oxidation sites excluding steroid dienone is 2. The Balaban J connectivity index is 2.07. The lowest BCUT2D eigenvalue weighted by Crippen LogP contribution is -2.32. The summed E-state index contributed by atoms with van der Waals surface area (Å²) in [6.07, 6.45) is 5.80. The Bertz CT molecular complexity index is 1190. The maximum Gasteiger partial charge on any atom is 0.211 e. The molecule has 1 atom stereocenters. The molecule has 36 heavy (non-hydrogen) atoms. The number of carbonyl (C=O) groups excluding carboxylic acids is 2. The normalized spacial score (nSPS) is 12.1. The molecule has 0 fully saturated rings. The summed E-state index contributed by atoms with van der Waals surface area (Å²) < 4.78 is 10.7. The number of benzene rings is 3. The quantitative estimate of drug-likeness (QED) is 0.151. The molecule has 0 spiro atoms. The van der Waals surface area contributed by atoms with Crippen LogP contribution in [0.15, 0.2) is 91.0 Å². The predicted octanol–water partition coefficient (Wildman–Crippen LogP) is 5.25. The smallest absolute Gasteiger partial charge is 0.211 e. The van der Waals surface area contributed by atoms with E-state index in [-0.39, 0.29) is 0 Å². The molecule has 0 bridgehead atoms. The van der Waals surface area contributed by atoms with Gasteiger partial charge in [-0.05, 0) is 29.3 Å². The number of ether oxygens (including phenoxy) is 2. The molecule has 0 aliphatic heterocycles. The van der Waals surface area contributed by atoms with Crippen LogP contribution in [0.3, 0.4) is 0 Å². The zero-order chi connectivity index (χ0) is 25.9. The second kappa shape index (κ2) is 12.8. The average molecular weight is 486 g/mol. The molecule has 0 saturated carbocycles. The van der Waals surface area contributed by atoms with Crippen LogP contribution in [0.1, 0.15) is 22.6 Å². The Kier molecular flexibility index (Phi) is 9.28. The lowest BCUT2D eigenvalue weighted by molar-refractivity contribution is -0.484. The third kappa shape index (κ3) is 6.99. The van der Waals surface area contributed by atoms with Gasteiger partial charge in [-0.25, -0.2) is 0 Å². The van der Waals surface area contributed by atoms with Gasteiger partial charge in [0, 0.05) is 16.6 Å². The van der Waals surface area contributed by atoms with E-state index in [0.717, 1.165) is 11.1 Å². The van der Waals surface area contributed by atoms with Gasteiger partial charge in [0.2, 0.25) is 6.54 Å². The number of nitrogens with zero attached hydrogens (tertiary/aromatic N) is 1. The van der Waals surface area contributed by atoms with Crippen LogP contribution in [0.2, 0.25) is 0 Å². The minimum absolute atomic E-state index is 0.297. The van der Waals surface area contributed by atoms with E-state index in [2.05, 4.69) is 0 Å². The van der Waals surface area contributed by atoms with E-state index in [4.69, 9.17) is 9.47 Å². The fourth-order valence-electron chi connectivity index (χ4n) is 3.90. The molecule has 0 aromatic heterocycles. The van der Waals surface area contributed by atoms with Gasteiger partial charge in [-0.2, -0.15) is 0 Å². The topological polar surface area (TPSA) is 95.7 Å². The highest BCUT2D eigenvalue weighted by Crippen LogP contribution is 2.36. The van der Waals surface area contributed by atoms with Crippen molar-refractivity contribution in [3.63, 3.8) is 0 Å².